The summed E-state index contributed by atoms with van der Waals surface area (Å²) in [6.45, 7) is 2.07. The van der Waals surface area contributed by atoms with Crippen molar-refractivity contribution in [1.82, 2.24) is 0 Å². The predicted octanol–water partition coefficient (Wildman–Crippen LogP) is 3.07. The lowest BCUT2D eigenvalue weighted by atomic mass is 10.1. The van der Waals surface area contributed by atoms with Gasteiger partial charge in [-0.25, -0.2) is 4.79 Å². The first-order valence-corrected chi connectivity index (χ1v) is 6.86. The molecule has 100 valence electrons. The van der Waals surface area contributed by atoms with Gasteiger partial charge in [-0.15, -0.1) is 11.3 Å². The zero-order valence-corrected chi connectivity index (χ0v) is 11.4. The molecule has 0 radical (unpaired) electrons. The summed E-state index contributed by atoms with van der Waals surface area (Å²) >= 11 is 1.72. The molecule has 1 aromatic heterocycles. The standard InChI is InChI=1S/C14H16N2O2S/c1-9(7-11-3-2-6-19-11)16-10-4-5-13(15)12(8-10)14(17)18/h2-6,8-9,16H,7,15H2,1H3,(H,17,18). The Morgan fingerprint density at radius 1 is 1.47 bits per heavy atom. The van der Waals surface area contributed by atoms with E-state index in [9.17, 15) is 4.79 Å². The van der Waals surface area contributed by atoms with Gasteiger partial charge in [-0.1, -0.05) is 6.07 Å². The first kappa shape index (κ1) is 13.4. The zero-order valence-electron chi connectivity index (χ0n) is 10.6. The second kappa shape index (κ2) is 5.75. The number of benzene rings is 1. The maximum Gasteiger partial charge on any atom is 0.337 e. The molecule has 1 atom stereocenters. The van der Waals surface area contributed by atoms with Gasteiger partial charge in [-0.2, -0.15) is 0 Å². The van der Waals surface area contributed by atoms with Crippen molar-refractivity contribution in [2.24, 2.45) is 0 Å². The van der Waals surface area contributed by atoms with Crippen LogP contribution in [0.25, 0.3) is 0 Å². The Labute approximate surface area is 115 Å². The van der Waals surface area contributed by atoms with Gasteiger partial charge in [0.1, 0.15) is 0 Å². The maximum absolute atomic E-state index is 11.0. The van der Waals surface area contributed by atoms with Crippen LogP contribution in [0.2, 0.25) is 0 Å². The van der Waals surface area contributed by atoms with Crippen LogP contribution in [0.15, 0.2) is 35.7 Å². The van der Waals surface area contributed by atoms with E-state index >= 15 is 0 Å². The van der Waals surface area contributed by atoms with E-state index in [1.165, 1.54) is 4.88 Å². The largest absolute Gasteiger partial charge is 0.478 e. The summed E-state index contributed by atoms with van der Waals surface area (Å²) in [4.78, 5) is 12.3. The summed E-state index contributed by atoms with van der Waals surface area (Å²) in [7, 11) is 0. The molecule has 0 saturated carbocycles. The topological polar surface area (TPSA) is 75.3 Å². The van der Waals surface area contributed by atoms with Crippen molar-refractivity contribution in [3.8, 4) is 0 Å². The highest BCUT2D eigenvalue weighted by atomic mass is 32.1. The molecule has 0 saturated heterocycles. The Morgan fingerprint density at radius 2 is 2.26 bits per heavy atom. The molecular formula is C14H16N2O2S. The molecule has 0 aliphatic rings. The van der Waals surface area contributed by atoms with Crippen LogP contribution in [0.4, 0.5) is 11.4 Å². The van der Waals surface area contributed by atoms with Crippen LogP contribution < -0.4 is 11.1 Å². The molecule has 0 aliphatic carbocycles. The van der Waals surface area contributed by atoms with Gasteiger partial charge in [-0.05, 0) is 36.6 Å². The average molecular weight is 276 g/mol. The van der Waals surface area contributed by atoms with Crippen LogP contribution in [0, 0.1) is 0 Å². The molecule has 4 N–H and O–H groups in total. The molecular weight excluding hydrogens is 260 g/mol. The van der Waals surface area contributed by atoms with E-state index in [-0.39, 0.29) is 17.3 Å². The fourth-order valence-corrected chi connectivity index (χ4v) is 2.73. The minimum Gasteiger partial charge on any atom is -0.478 e. The number of carboxylic acid groups (broad SMARTS) is 1. The summed E-state index contributed by atoms with van der Waals surface area (Å²) in [6.07, 6.45) is 0.907. The van der Waals surface area contributed by atoms with E-state index in [4.69, 9.17) is 10.8 Å². The number of carboxylic acids is 1. The van der Waals surface area contributed by atoms with E-state index in [1.54, 1.807) is 29.5 Å². The smallest absolute Gasteiger partial charge is 0.337 e. The molecule has 0 spiro atoms. The Morgan fingerprint density at radius 3 is 2.89 bits per heavy atom. The van der Waals surface area contributed by atoms with Gasteiger partial charge >= 0.3 is 5.97 Å². The molecule has 1 heterocycles. The molecule has 0 bridgehead atoms. The lowest BCUT2D eigenvalue weighted by molar-refractivity contribution is 0.0698. The number of hydrogen-bond acceptors (Lipinski definition) is 4. The normalized spacial score (nSPS) is 12.1. The summed E-state index contributed by atoms with van der Waals surface area (Å²) in [5.74, 6) is -1.01. The molecule has 1 aromatic carbocycles. The lowest BCUT2D eigenvalue weighted by Crippen LogP contribution is -2.18. The highest BCUT2D eigenvalue weighted by Gasteiger charge is 2.10. The summed E-state index contributed by atoms with van der Waals surface area (Å²) in [6, 6.07) is 9.33. The number of nitrogens with two attached hydrogens (primary N) is 1. The number of aromatic carboxylic acids is 1. The van der Waals surface area contributed by atoms with Crippen LogP contribution >= 0.6 is 11.3 Å². The van der Waals surface area contributed by atoms with Crippen molar-refractivity contribution in [2.45, 2.75) is 19.4 Å². The van der Waals surface area contributed by atoms with Crippen LogP contribution in [0.3, 0.4) is 0 Å². The molecule has 19 heavy (non-hydrogen) atoms. The van der Waals surface area contributed by atoms with E-state index in [1.807, 2.05) is 11.4 Å². The lowest BCUT2D eigenvalue weighted by Gasteiger charge is -2.15. The van der Waals surface area contributed by atoms with Crippen LogP contribution in [-0.2, 0) is 6.42 Å². The fourth-order valence-electron chi connectivity index (χ4n) is 1.90. The molecule has 2 rings (SSSR count). The maximum atomic E-state index is 11.0. The molecule has 1 unspecified atom stereocenters. The number of nitrogens with one attached hydrogen (secondary N) is 1. The molecule has 0 aliphatic heterocycles. The first-order valence-electron chi connectivity index (χ1n) is 5.98. The van der Waals surface area contributed by atoms with Gasteiger partial charge < -0.3 is 16.2 Å². The van der Waals surface area contributed by atoms with Gasteiger partial charge in [0.15, 0.2) is 0 Å². The number of anilines is 2. The Kier molecular flexibility index (Phi) is 4.06. The van der Waals surface area contributed by atoms with Crippen molar-refractivity contribution < 1.29 is 9.90 Å². The quantitative estimate of drug-likeness (QED) is 0.734. The van der Waals surface area contributed by atoms with Gasteiger partial charge in [0.2, 0.25) is 0 Å². The van der Waals surface area contributed by atoms with E-state index < -0.39 is 5.97 Å². The number of nitrogen functional groups attached to an aromatic ring is 1. The highest BCUT2D eigenvalue weighted by molar-refractivity contribution is 7.09. The van der Waals surface area contributed by atoms with Crippen molar-refractivity contribution in [1.29, 1.82) is 0 Å². The Hall–Kier alpha value is -2.01. The Balaban J connectivity index is 2.06. The minimum absolute atomic E-state index is 0.133. The van der Waals surface area contributed by atoms with Gasteiger partial charge in [0.25, 0.3) is 0 Å². The molecule has 5 heteroatoms. The molecule has 2 aromatic rings. The van der Waals surface area contributed by atoms with Gasteiger partial charge in [0.05, 0.1) is 5.56 Å². The molecule has 0 fully saturated rings. The second-order valence-corrected chi connectivity index (χ2v) is 5.47. The zero-order chi connectivity index (χ0) is 13.8. The second-order valence-electron chi connectivity index (χ2n) is 4.44. The monoisotopic (exact) mass is 276 g/mol. The third-order valence-electron chi connectivity index (χ3n) is 2.78. The summed E-state index contributed by atoms with van der Waals surface area (Å²) < 4.78 is 0. The first-order chi connectivity index (χ1) is 9.06. The van der Waals surface area contributed by atoms with Gasteiger partial charge in [-0.3, -0.25) is 0 Å². The Bertz CT molecular complexity index is 567. The van der Waals surface area contributed by atoms with Crippen LogP contribution in [0.1, 0.15) is 22.2 Å². The third-order valence-corrected chi connectivity index (χ3v) is 3.68. The molecule has 4 nitrogen and oxygen atoms in total. The van der Waals surface area contributed by atoms with Crippen molar-refractivity contribution in [3.05, 3.63) is 46.2 Å². The summed E-state index contributed by atoms with van der Waals surface area (Å²) in [5, 5.41) is 14.4. The van der Waals surface area contributed by atoms with Crippen molar-refractivity contribution >= 4 is 28.7 Å². The minimum atomic E-state index is -1.01. The number of thiophene rings is 1. The predicted molar refractivity (Wildman–Crippen MR) is 78.9 cm³/mol. The number of hydrogen-bond donors (Lipinski definition) is 3. The molecule has 0 amide bonds. The highest BCUT2D eigenvalue weighted by Crippen LogP contribution is 2.20. The summed E-state index contributed by atoms with van der Waals surface area (Å²) in [5.41, 5.74) is 6.81. The van der Waals surface area contributed by atoms with E-state index in [0.717, 1.165) is 12.1 Å². The fraction of sp³-hybridized carbons (Fsp3) is 0.214. The average Bonchev–Trinajstić information content (AvgIpc) is 2.84. The van der Waals surface area contributed by atoms with E-state index in [0.29, 0.717) is 0 Å². The number of carbonyl (C=O) groups is 1. The van der Waals surface area contributed by atoms with Crippen molar-refractivity contribution in [2.75, 3.05) is 11.1 Å². The van der Waals surface area contributed by atoms with Crippen LogP contribution in [-0.4, -0.2) is 17.1 Å². The van der Waals surface area contributed by atoms with E-state index in [2.05, 4.69) is 18.3 Å². The number of rotatable bonds is 5. The van der Waals surface area contributed by atoms with Crippen LogP contribution in [0.5, 0.6) is 0 Å². The van der Waals surface area contributed by atoms with Gasteiger partial charge in [0, 0.05) is 28.7 Å². The SMILES string of the molecule is CC(Cc1cccs1)Nc1ccc(N)c(C(=O)O)c1. The third kappa shape index (κ3) is 3.48. The van der Waals surface area contributed by atoms with Crippen molar-refractivity contribution in [3.63, 3.8) is 0 Å².